The van der Waals surface area contributed by atoms with Crippen molar-refractivity contribution >= 4 is 0 Å². The highest BCUT2D eigenvalue weighted by Crippen LogP contribution is 2.19. The molecule has 1 heteroatoms. The van der Waals surface area contributed by atoms with Gasteiger partial charge in [0.05, 0.1) is 11.7 Å². The lowest BCUT2D eigenvalue weighted by atomic mass is 10.0. The van der Waals surface area contributed by atoms with E-state index in [0.29, 0.717) is 6.10 Å². The van der Waals surface area contributed by atoms with E-state index in [2.05, 4.69) is 34.6 Å². The maximum atomic E-state index is 6.06. The largest absolute Gasteiger partial charge is 0.373 e. The van der Waals surface area contributed by atoms with Crippen LogP contribution in [0.1, 0.15) is 79.6 Å². The van der Waals surface area contributed by atoms with Gasteiger partial charge < -0.3 is 4.74 Å². The summed E-state index contributed by atoms with van der Waals surface area (Å²) < 4.78 is 6.06. The van der Waals surface area contributed by atoms with E-state index in [1.807, 2.05) is 0 Å². The van der Waals surface area contributed by atoms with Crippen LogP contribution in [0.3, 0.4) is 0 Å². The van der Waals surface area contributed by atoms with E-state index in [0.717, 1.165) is 0 Å². The number of hydrogen-bond acceptors (Lipinski definition) is 1. The van der Waals surface area contributed by atoms with Crippen molar-refractivity contribution in [3.05, 3.63) is 0 Å². The Morgan fingerprint density at radius 3 is 2.00 bits per heavy atom. The first-order chi connectivity index (χ1) is 6.99. The predicted molar refractivity (Wildman–Crippen MR) is 68.3 cm³/mol. The van der Waals surface area contributed by atoms with Crippen molar-refractivity contribution in [1.29, 1.82) is 0 Å². The smallest absolute Gasteiger partial charge is 0.0602 e. The Balaban J connectivity index is 3.73. The first-order valence-corrected chi connectivity index (χ1v) is 6.67. The van der Waals surface area contributed by atoms with E-state index >= 15 is 0 Å². The fraction of sp³-hybridized carbons (Fsp3) is 1.00. The van der Waals surface area contributed by atoms with Gasteiger partial charge >= 0.3 is 0 Å². The molecular weight excluding hydrogens is 184 g/mol. The lowest BCUT2D eigenvalue weighted by Crippen LogP contribution is -2.27. The van der Waals surface area contributed by atoms with Crippen molar-refractivity contribution in [3.63, 3.8) is 0 Å². The molecule has 0 spiro atoms. The minimum atomic E-state index is 0.0184. The second-order valence-corrected chi connectivity index (χ2v) is 5.49. The third kappa shape index (κ3) is 10.2. The van der Waals surface area contributed by atoms with Crippen molar-refractivity contribution in [1.82, 2.24) is 0 Å². The summed E-state index contributed by atoms with van der Waals surface area (Å²) in [7, 11) is 0. The molecule has 0 saturated heterocycles. The molecule has 1 unspecified atom stereocenters. The topological polar surface area (TPSA) is 9.23 Å². The van der Waals surface area contributed by atoms with Crippen molar-refractivity contribution in [3.8, 4) is 0 Å². The maximum absolute atomic E-state index is 6.06. The third-order valence-electron chi connectivity index (χ3n) is 2.51. The van der Waals surface area contributed by atoms with Crippen LogP contribution < -0.4 is 0 Å². The van der Waals surface area contributed by atoms with E-state index < -0.39 is 0 Å². The Bertz CT molecular complexity index is 135. The van der Waals surface area contributed by atoms with Gasteiger partial charge in [0.1, 0.15) is 0 Å². The quantitative estimate of drug-likeness (QED) is 0.520. The highest BCUT2D eigenvalue weighted by molar-refractivity contribution is 4.66. The molecule has 0 rings (SSSR count). The number of rotatable bonds is 8. The van der Waals surface area contributed by atoms with Gasteiger partial charge in [-0.05, 0) is 33.6 Å². The Hall–Kier alpha value is -0.0400. The molecule has 0 saturated carbocycles. The summed E-state index contributed by atoms with van der Waals surface area (Å²) in [6.07, 6.45) is 9.54. The molecule has 0 aliphatic rings. The SMILES string of the molecule is CCCCCCC(CCC)OC(C)(C)C. The molecule has 0 aliphatic carbocycles. The summed E-state index contributed by atoms with van der Waals surface area (Å²) >= 11 is 0. The van der Waals surface area contributed by atoms with Crippen molar-refractivity contribution < 1.29 is 4.74 Å². The summed E-state index contributed by atoms with van der Waals surface area (Å²) in [6, 6.07) is 0. The molecule has 1 atom stereocenters. The van der Waals surface area contributed by atoms with Crippen molar-refractivity contribution in [2.24, 2.45) is 0 Å². The highest BCUT2D eigenvalue weighted by Gasteiger charge is 2.17. The van der Waals surface area contributed by atoms with Gasteiger partial charge in [-0.2, -0.15) is 0 Å². The van der Waals surface area contributed by atoms with Gasteiger partial charge in [0, 0.05) is 0 Å². The van der Waals surface area contributed by atoms with E-state index in [-0.39, 0.29) is 5.60 Å². The van der Waals surface area contributed by atoms with Gasteiger partial charge in [-0.15, -0.1) is 0 Å². The van der Waals surface area contributed by atoms with Crippen LogP contribution in [0.15, 0.2) is 0 Å². The molecule has 15 heavy (non-hydrogen) atoms. The Labute approximate surface area is 96.6 Å². The molecule has 0 fully saturated rings. The van der Waals surface area contributed by atoms with E-state index in [9.17, 15) is 0 Å². The highest BCUT2D eigenvalue weighted by atomic mass is 16.5. The summed E-state index contributed by atoms with van der Waals surface area (Å²) in [5, 5.41) is 0. The van der Waals surface area contributed by atoms with E-state index in [1.54, 1.807) is 0 Å². The number of hydrogen-bond donors (Lipinski definition) is 0. The fourth-order valence-corrected chi connectivity index (χ4v) is 1.88. The number of ether oxygens (including phenoxy) is 1. The van der Waals surface area contributed by atoms with E-state index in [1.165, 1.54) is 44.9 Å². The average molecular weight is 214 g/mol. The number of unbranched alkanes of at least 4 members (excludes halogenated alkanes) is 3. The molecule has 0 bridgehead atoms. The van der Waals surface area contributed by atoms with Crippen LogP contribution in [0.2, 0.25) is 0 Å². The standard InChI is InChI=1S/C14H30O/c1-6-8-9-10-12-13(11-7-2)15-14(3,4)5/h13H,6-12H2,1-5H3. The van der Waals surface area contributed by atoms with Crippen LogP contribution in [-0.2, 0) is 4.74 Å². The van der Waals surface area contributed by atoms with Gasteiger partial charge in [-0.3, -0.25) is 0 Å². The van der Waals surface area contributed by atoms with Crippen molar-refractivity contribution in [2.45, 2.75) is 91.3 Å². The van der Waals surface area contributed by atoms with Gasteiger partial charge in [0.15, 0.2) is 0 Å². The molecule has 0 aromatic heterocycles. The molecule has 0 amide bonds. The molecule has 92 valence electrons. The molecule has 0 radical (unpaired) electrons. The zero-order valence-electron chi connectivity index (χ0n) is 11.4. The Morgan fingerprint density at radius 2 is 1.53 bits per heavy atom. The first kappa shape index (κ1) is 15.0. The lowest BCUT2D eigenvalue weighted by molar-refractivity contribution is -0.0670. The van der Waals surface area contributed by atoms with Crippen molar-refractivity contribution in [2.75, 3.05) is 0 Å². The van der Waals surface area contributed by atoms with Crippen LogP contribution in [0.25, 0.3) is 0 Å². The molecule has 0 heterocycles. The summed E-state index contributed by atoms with van der Waals surface area (Å²) in [5.74, 6) is 0. The summed E-state index contributed by atoms with van der Waals surface area (Å²) in [4.78, 5) is 0. The van der Waals surface area contributed by atoms with Crippen LogP contribution in [0.5, 0.6) is 0 Å². The minimum Gasteiger partial charge on any atom is -0.373 e. The normalized spacial score (nSPS) is 14.2. The minimum absolute atomic E-state index is 0.0184. The maximum Gasteiger partial charge on any atom is 0.0602 e. The summed E-state index contributed by atoms with van der Waals surface area (Å²) in [5.41, 5.74) is 0.0184. The van der Waals surface area contributed by atoms with Crippen LogP contribution in [-0.4, -0.2) is 11.7 Å². The summed E-state index contributed by atoms with van der Waals surface area (Å²) in [6.45, 7) is 11.0. The Morgan fingerprint density at radius 1 is 0.867 bits per heavy atom. The van der Waals surface area contributed by atoms with Crippen LogP contribution in [0.4, 0.5) is 0 Å². The van der Waals surface area contributed by atoms with Crippen LogP contribution in [0, 0.1) is 0 Å². The fourth-order valence-electron chi connectivity index (χ4n) is 1.88. The molecule has 0 aromatic carbocycles. The van der Waals surface area contributed by atoms with Gasteiger partial charge in [0.25, 0.3) is 0 Å². The predicted octanol–water partition coefficient (Wildman–Crippen LogP) is 4.94. The third-order valence-corrected chi connectivity index (χ3v) is 2.51. The van der Waals surface area contributed by atoms with E-state index in [4.69, 9.17) is 4.74 Å². The van der Waals surface area contributed by atoms with Gasteiger partial charge in [0.2, 0.25) is 0 Å². The molecule has 0 aliphatic heterocycles. The van der Waals surface area contributed by atoms with Gasteiger partial charge in [-0.25, -0.2) is 0 Å². The van der Waals surface area contributed by atoms with Crippen LogP contribution >= 0.6 is 0 Å². The zero-order chi connectivity index (χ0) is 11.7. The molecule has 0 aromatic rings. The first-order valence-electron chi connectivity index (χ1n) is 6.67. The average Bonchev–Trinajstić information content (AvgIpc) is 2.10. The molecule has 0 N–H and O–H groups in total. The second-order valence-electron chi connectivity index (χ2n) is 5.49. The van der Waals surface area contributed by atoms with Gasteiger partial charge in [-0.1, -0.05) is 46.0 Å². The molecule has 1 nitrogen and oxygen atoms in total. The lowest BCUT2D eigenvalue weighted by Gasteiger charge is -2.27. The zero-order valence-corrected chi connectivity index (χ0v) is 11.4. The monoisotopic (exact) mass is 214 g/mol. The second kappa shape index (κ2) is 8.15. The Kier molecular flexibility index (Phi) is 8.13. The molecular formula is C14H30O.